The molecule has 0 saturated carbocycles. The van der Waals surface area contributed by atoms with Crippen molar-refractivity contribution in [2.45, 2.75) is 39.7 Å². The van der Waals surface area contributed by atoms with Gasteiger partial charge in [0.1, 0.15) is 5.82 Å². The Bertz CT molecular complexity index is 555. The second-order valence-electron chi connectivity index (χ2n) is 4.19. The topological polar surface area (TPSA) is 17.8 Å². The van der Waals surface area contributed by atoms with Crippen molar-refractivity contribution < 1.29 is 0 Å². The minimum atomic E-state index is 0.746. The molecule has 0 amide bonds. The van der Waals surface area contributed by atoms with Gasteiger partial charge in [-0.2, -0.15) is 0 Å². The largest absolute Gasteiger partial charge is 0.316 e. The van der Waals surface area contributed by atoms with Crippen LogP contribution < -0.4 is 0 Å². The lowest BCUT2D eigenvalue weighted by atomic mass is 10.2. The zero-order valence-electron chi connectivity index (χ0n) is 10.5. The highest BCUT2D eigenvalue weighted by atomic mass is 15.1. The summed E-state index contributed by atoms with van der Waals surface area (Å²) < 4.78 is 2.17. The number of para-hydroxylation sites is 2. The maximum atomic E-state index is 4.52. The molecule has 0 bridgehead atoms. The third kappa shape index (κ3) is 2.68. The summed E-state index contributed by atoms with van der Waals surface area (Å²) in [7, 11) is 0. The van der Waals surface area contributed by atoms with E-state index in [4.69, 9.17) is 0 Å². The Morgan fingerprint density at radius 2 is 2.06 bits per heavy atom. The van der Waals surface area contributed by atoms with Crippen molar-refractivity contribution in [2.24, 2.45) is 0 Å². The molecule has 0 aliphatic heterocycles. The van der Waals surface area contributed by atoms with E-state index in [2.05, 4.69) is 34.4 Å². The van der Waals surface area contributed by atoms with Crippen LogP contribution in [-0.2, 0) is 6.54 Å². The summed E-state index contributed by atoms with van der Waals surface area (Å²) in [4.78, 5) is 4.52. The third-order valence-electron chi connectivity index (χ3n) is 2.86. The Balaban J connectivity index is 2.17. The number of hydrogen-bond acceptors (Lipinski definition) is 1. The fraction of sp³-hybridized carbons (Fsp3) is 0.400. The predicted molar refractivity (Wildman–Crippen MR) is 71.8 cm³/mol. The van der Waals surface area contributed by atoms with Crippen LogP contribution in [0.5, 0.6) is 0 Å². The van der Waals surface area contributed by atoms with Crippen LogP contribution in [0.4, 0.5) is 0 Å². The van der Waals surface area contributed by atoms with Gasteiger partial charge in [-0.25, -0.2) is 4.98 Å². The third-order valence-corrected chi connectivity index (χ3v) is 2.86. The highest BCUT2D eigenvalue weighted by Crippen LogP contribution is 2.14. The first kappa shape index (κ1) is 11.7. The van der Waals surface area contributed by atoms with Gasteiger partial charge in [-0.1, -0.05) is 31.4 Å². The monoisotopic (exact) mass is 226 g/mol. The first-order valence-corrected chi connectivity index (χ1v) is 6.20. The van der Waals surface area contributed by atoms with Crippen molar-refractivity contribution in [3.8, 4) is 11.8 Å². The molecule has 0 atom stereocenters. The normalized spacial score (nSPS) is 10.2. The van der Waals surface area contributed by atoms with Crippen LogP contribution in [0.2, 0.25) is 0 Å². The molecule has 0 N–H and O–H groups in total. The van der Waals surface area contributed by atoms with Crippen LogP contribution in [0.3, 0.4) is 0 Å². The molecule has 1 heterocycles. The summed E-state index contributed by atoms with van der Waals surface area (Å²) >= 11 is 0. The van der Waals surface area contributed by atoms with Gasteiger partial charge in [0.25, 0.3) is 0 Å². The van der Waals surface area contributed by atoms with E-state index < -0.39 is 0 Å². The lowest BCUT2D eigenvalue weighted by Gasteiger charge is -2.00. The molecule has 2 heteroatoms. The molecular formula is C15H18N2. The number of unbranched alkanes of at least 4 members (excludes halogenated alkanes) is 2. The summed E-state index contributed by atoms with van der Waals surface area (Å²) in [6.07, 6.45) is 3.40. The van der Waals surface area contributed by atoms with Gasteiger partial charge in [0, 0.05) is 6.42 Å². The van der Waals surface area contributed by atoms with Gasteiger partial charge in [-0.05, 0) is 25.5 Å². The molecule has 2 rings (SSSR count). The number of hydrogen-bond donors (Lipinski definition) is 0. The number of aromatic nitrogens is 2. The van der Waals surface area contributed by atoms with Crippen LogP contribution in [-0.4, -0.2) is 9.55 Å². The standard InChI is InChI=1S/C15H18N2/c1-3-4-5-6-9-12-17-13(2)16-14-10-7-8-11-15(14)17/h7-8,10-11H,3-5,12H2,1-2H3. The van der Waals surface area contributed by atoms with Crippen LogP contribution >= 0.6 is 0 Å². The quantitative estimate of drug-likeness (QED) is 0.578. The smallest absolute Gasteiger partial charge is 0.107 e. The highest BCUT2D eigenvalue weighted by Gasteiger charge is 2.04. The summed E-state index contributed by atoms with van der Waals surface area (Å²) in [6.45, 7) is 4.97. The molecule has 0 saturated heterocycles. The lowest BCUT2D eigenvalue weighted by molar-refractivity contribution is 0.811. The average Bonchev–Trinajstić information content (AvgIpc) is 2.65. The van der Waals surface area contributed by atoms with E-state index in [9.17, 15) is 0 Å². The van der Waals surface area contributed by atoms with E-state index in [0.717, 1.165) is 24.3 Å². The van der Waals surface area contributed by atoms with E-state index in [1.807, 2.05) is 25.1 Å². The molecule has 0 aliphatic rings. The molecule has 0 aliphatic carbocycles. The van der Waals surface area contributed by atoms with Gasteiger partial charge >= 0.3 is 0 Å². The first-order chi connectivity index (χ1) is 8.33. The SMILES string of the molecule is CCCCC#CCn1c(C)nc2ccccc21. The van der Waals surface area contributed by atoms with Crippen molar-refractivity contribution >= 4 is 11.0 Å². The first-order valence-electron chi connectivity index (χ1n) is 6.20. The van der Waals surface area contributed by atoms with Crippen LogP contribution in [0, 0.1) is 18.8 Å². The molecule has 0 unspecified atom stereocenters. The van der Waals surface area contributed by atoms with Crippen molar-refractivity contribution in [3.63, 3.8) is 0 Å². The van der Waals surface area contributed by atoms with Crippen molar-refractivity contribution in [1.82, 2.24) is 9.55 Å². The number of benzene rings is 1. The predicted octanol–water partition coefficient (Wildman–Crippen LogP) is 3.54. The Morgan fingerprint density at radius 3 is 2.88 bits per heavy atom. The van der Waals surface area contributed by atoms with Gasteiger partial charge in [0.05, 0.1) is 17.6 Å². The van der Waals surface area contributed by atoms with Crippen molar-refractivity contribution in [1.29, 1.82) is 0 Å². The van der Waals surface area contributed by atoms with Gasteiger partial charge < -0.3 is 4.57 Å². The van der Waals surface area contributed by atoms with Crippen LogP contribution in [0.15, 0.2) is 24.3 Å². The zero-order chi connectivity index (χ0) is 12.1. The number of imidazole rings is 1. The molecule has 17 heavy (non-hydrogen) atoms. The molecule has 0 radical (unpaired) electrons. The summed E-state index contributed by atoms with van der Waals surface area (Å²) in [5.74, 6) is 7.48. The fourth-order valence-electron chi connectivity index (χ4n) is 1.88. The summed E-state index contributed by atoms with van der Waals surface area (Å²) in [5, 5.41) is 0. The maximum absolute atomic E-state index is 4.52. The molecule has 2 aromatic rings. The number of nitrogens with zero attached hydrogens (tertiary/aromatic N) is 2. The van der Waals surface area contributed by atoms with Gasteiger partial charge in [0.15, 0.2) is 0 Å². The molecule has 1 aromatic heterocycles. The van der Waals surface area contributed by atoms with Crippen molar-refractivity contribution in [3.05, 3.63) is 30.1 Å². The Hall–Kier alpha value is -1.75. The molecule has 1 aromatic carbocycles. The minimum Gasteiger partial charge on any atom is -0.316 e. The molecule has 88 valence electrons. The Kier molecular flexibility index (Phi) is 3.82. The number of fused-ring (bicyclic) bond motifs is 1. The average molecular weight is 226 g/mol. The zero-order valence-corrected chi connectivity index (χ0v) is 10.5. The van der Waals surface area contributed by atoms with E-state index in [-0.39, 0.29) is 0 Å². The molecule has 0 spiro atoms. The minimum absolute atomic E-state index is 0.746. The van der Waals surface area contributed by atoms with Gasteiger partial charge in [-0.15, -0.1) is 5.92 Å². The fourth-order valence-corrected chi connectivity index (χ4v) is 1.88. The van der Waals surface area contributed by atoms with E-state index in [1.54, 1.807) is 0 Å². The summed E-state index contributed by atoms with van der Waals surface area (Å²) in [6, 6.07) is 8.21. The van der Waals surface area contributed by atoms with Gasteiger partial charge in [-0.3, -0.25) is 0 Å². The highest BCUT2D eigenvalue weighted by molar-refractivity contribution is 5.75. The number of rotatable bonds is 3. The second kappa shape index (κ2) is 5.54. The Labute approximate surface area is 103 Å². The Morgan fingerprint density at radius 1 is 1.24 bits per heavy atom. The molecular weight excluding hydrogens is 208 g/mol. The van der Waals surface area contributed by atoms with Crippen LogP contribution in [0.1, 0.15) is 32.0 Å². The van der Waals surface area contributed by atoms with E-state index >= 15 is 0 Å². The number of aryl methyl sites for hydroxylation is 1. The van der Waals surface area contributed by atoms with Gasteiger partial charge in [0.2, 0.25) is 0 Å². The molecule has 2 nitrogen and oxygen atoms in total. The maximum Gasteiger partial charge on any atom is 0.107 e. The summed E-state index contributed by atoms with van der Waals surface area (Å²) in [5.41, 5.74) is 2.23. The van der Waals surface area contributed by atoms with E-state index in [1.165, 1.54) is 18.4 Å². The second-order valence-corrected chi connectivity index (χ2v) is 4.19. The molecule has 0 fully saturated rings. The van der Waals surface area contributed by atoms with E-state index in [0.29, 0.717) is 0 Å². The lowest BCUT2D eigenvalue weighted by Crippen LogP contribution is -1.97. The van der Waals surface area contributed by atoms with Crippen molar-refractivity contribution in [2.75, 3.05) is 0 Å². The van der Waals surface area contributed by atoms with Crippen LogP contribution in [0.25, 0.3) is 11.0 Å².